The predicted molar refractivity (Wildman–Crippen MR) is 106 cm³/mol. The third-order valence-corrected chi connectivity index (χ3v) is 5.47. The van der Waals surface area contributed by atoms with E-state index in [2.05, 4.69) is 19.2 Å². The van der Waals surface area contributed by atoms with Crippen molar-refractivity contribution in [3.05, 3.63) is 82.7 Å². The van der Waals surface area contributed by atoms with E-state index < -0.39 is 0 Å². The lowest BCUT2D eigenvalue weighted by Crippen LogP contribution is -2.26. The van der Waals surface area contributed by atoms with Crippen molar-refractivity contribution < 1.29 is 8.78 Å². The summed E-state index contributed by atoms with van der Waals surface area (Å²) >= 11 is 0. The molecule has 3 nitrogen and oxygen atoms in total. The molecule has 1 heterocycles. The van der Waals surface area contributed by atoms with E-state index in [9.17, 15) is 8.78 Å². The molecule has 1 aromatic heterocycles. The Kier molecular flexibility index (Phi) is 5.27. The fraction of sp³-hybridized carbons (Fsp3) is 0.348. The quantitative estimate of drug-likeness (QED) is 0.642. The molecule has 28 heavy (non-hydrogen) atoms. The number of benzene rings is 2. The minimum atomic E-state index is -0.242. The van der Waals surface area contributed by atoms with E-state index in [1.54, 1.807) is 12.1 Å². The molecule has 2 aromatic carbocycles. The molecule has 0 saturated carbocycles. The number of nitrogens with one attached hydrogen (secondary N) is 1. The first kappa shape index (κ1) is 18.8. The van der Waals surface area contributed by atoms with Gasteiger partial charge >= 0.3 is 0 Å². The minimum absolute atomic E-state index is 0.119. The van der Waals surface area contributed by atoms with Gasteiger partial charge in [-0.25, -0.2) is 13.5 Å². The van der Waals surface area contributed by atoms with Crippen molar-refractivity contribution in [3.8, 4) is 5.69 Å². The zero-order chi connectivity index (χ0) is 19.7. The number of hydrogen-bond donors (Lipinski definition) is 1. The van der Waals surface area contributed by atoms with Crippen molar-refractivity contribution in [2.75, 3.05) is 0 Å². The van der Waals surface area contributed by atoms with Crippen molar-refractivity contribution in [2.24, 2.45) is 5.92 Å². The Labute approximate surface area is 164 Å². The van der Waals surface area contributed by atoms with Crippen LogP contribution >= 0.6 is 0 Å². The maximum atomic E-state index is 13.3. The molecule has 1 aliphatic carbocycles. The maximum absolute atomic E-state index is 13.3. The number of hydrogen-bond acceptors (Lipinski definition) is 2. The molecule has 1 aliphatic rings. The Hall–Kier alpha value is -2.53. The van der Waals surface area contributed by atoms with Gasteiger partial charge in [0, 0.05) is 18.3 Å². The fourth-order valence-corrected chi connectivity index (χ4v) is 4.07. The molecule has 0 amide bonds. The molecule has 1 N–H and O–H groups in total. The van der Waals surface area contributed by atoms with Gasteiger partial charge in [-0.1, -0.05) is 26.0 Å². The van der Waals surface area contributed by atoms with Crippen LogP contribution in [0.15, 0.2) is 48.5 Å². The first-order valence-corrected chi connectivity index (χ1v) is 9.87. The van der Waals surface area contributed by atoms with E-state index in [-0.39, 0.29) is 17.7 Å². The summed E-state index contributed by atoms with van der Waals surface area (Å²) in [4.78, 5) is 0. The van der Waals surface area contributed by atoms with Crippen LogP contribution in [0, 0.1) is 17.6 Å². The van der Waals surface area contributed by atoms with Gasteiger partial charge in [0.25, 0.3) is 0 Å². The normalized spacial score (nSPS) is 14.5. The first-order valence-electron chi connectivity index (χ1n) is 9.87. The summed E-state index contributed by atoms with van der Waals surface area (Å²) < 4.78 is 28.5. The lowest BCUT2D eigenvalue weighted by atomic mass is 9.96. The molecule has 0 aliphatic heterocycles. The highest BCUT2D eigenvalue weighted by Gasteiger charge is 2.24. The monoisotopic (exact) mass is 381 g/mol. The first-order chi connectivity index (χ1) is 13.5. The van der Waals surface area contributed by atoms with E-state index in [1.807, 2.05) is 16.8 Å². The summed E-state index contributed by atoms with van der Waals surface area (Å²) in [5.74, 6) is -0.103. The zero-order valence-corrected chi connectivity index (χ0v) is 16.3. The summed E-state index contributed by atoms with van der Waals surface area (Å²) in [6.07, 6.45) is 3.13. The Bertz CT molecular complexity index is 943. The largest absolute Gasteiger partial charge is 0.304 e. The summed E-state index contributed by atoms with van der Waals surface area (Å²) in [6, 6.07) is 13.3. The van der Waals surface area contributed by atoms with Crippen LogP contribution in [0.3, 0.4) is 0 Å². The maximum Gasteiger partial charge on any atom is 0.123 e. The highest BCUT2D eigenvalue weighted by Crippen LogP contribution is 2.29. The van der Waals surface area contributed by atoms with Gasteiger partial charge in [0.2, 0.25) is 0 Å². The van der Waals surface area contributed by atoms with Crippen LogP contribution in [-0.4, -0.2) is 9.78 Å². The molecule has 0 saturated heterocycles. The van der Waals surface area contributed by atoms with Crippen molar-refractivity contribution in [3.63, 3.8) is 0 Å². The van der Waals surface area contributed by atoms with Gasteiger partial charge in [0.15, 0.2) is 0 Å². The smallest absolute Gasteiger partial charge is 0.123 e. The molecule has 3 aromatic rings. The van der Waals surface area contributed by atoms with E-state index >= 15 is 0 Å². The average molecular weight is 381 g/mol. The molecule has 0 fully saturated rings. The van der Waals surface area contributed by atoms with Crippen molar-refractivity contribution in [1.82, 2.24) is 15.1 Å². The van der Waals surface area contributed by atoms with Crippen LogP contribution in [0.25, 0.3) is 5.69 Å². The summed E-state index contributed by atoms with van der Waals surface area (Å²) in [5.41, 5.74) is 5.55. The average Bonchev–Trinajstić information content (AvgIpc) is 3.27. The van der Waals surface area contributed by atoms with Crippen molar-refractivity contribution in [1.29, 1.82) is 0 Å². The Morgan fingerprint density at radius 3 is 2.25 bits per heavy atom. The molecule has 0 unspecified atom stereocenters. The van der Waals surface area contributed by atoms with Gasteiger partial charge in [0.1, 0.15) is 11.6 Å². The van der Waals surface area contributed by atoms with E-state index in [1.165, 1.54) is 35.5 Å². The lowest BCUT2D eigenvalue weighted by Gasteiger charge is -2.23. The Morgan fingerprint density at radius 1 is 0.964 bits per heavy atom. The van der Waals surface area contributed by atoms with Crippen LogP contribution in [-0.2, 0) is 19.4 Å². The summed E-state index contributed by atoms with van der Waals surface area (Å²) in [6.45, 7) is 4.96. The van der Waals surface area contributed by atoms with Crippen LogP contribution in [0.4, 0.5) is 8.78 Å². The van der Waals surface area contributed by atoms with Gasteiger partial charge in [-0.05, 0) is 72.7 Å². The molecular weight excluding hydrogens is 356 g/mol. The second kappa shape index (κ2) is 7.84. The second-order valence-corrected chi connectivity index (χ2v) is 7.77. The number of rotatable bonds is 6. The molecule has 1 atom stereocenters. The zero-order valence-electron chi connectivity index (χ0n) is 16.3. The number of aromatic nitrogens is 2. The standard InChI is InChI=1S/C23H25F2N3/c1-15(2)23(16-6-8-17(24)9-7-16)26-14-21-20-4-3-5-22(20)28(27-21)19-12-10-18(25)11-13-19/h6-13,15,23,26H,3-5,14H2,1-2H3/t23-/m1/s1. The Balaban J connectivity index is 1.58. The predicted octanol–water partition coefficient (Wildman–Crippen LogP) is 5.13. The molecule has 0 radical (unpaired) electrons. The van der Waals surface area contributed by atoms with Gasteiger partial charge < -0.3 is 5.32 Å². The molecule has 0 spiro atoms. The number of nitrogens with zero attached hydrogens (tertiary/aromatic N) is 2. The Morgan fingerprint density at radius 2 is 1.61 bits per heavy atom. The van der Waals surface area contributed by atoms with E-state index in [4.69, 9.17) is 5.10 Å². The van der Waals surface area contributed by atoms with E-state index in [0.29, 0.717) is 12.5 Å². The fourth-order valence-electron chi connectivity index (χ4n) is 4.07. The van der Waals surface area contributed by atoms with Crippen LogP contribution in [0.1, 0.15) is 48.8 Å². The number of halogens is 2. The molecule has 4 rings (SSSR count). The summed E-state index contributed by atoms with van der Waals surface area (Å²) in [7, 11) is 0. The third-order valence-electron chi connectivity index (χ3n) is 5.47. The molecule has 0 bridgehead atoms. The van der Waals surface area contributed by atoms with Crippen LogP contribution < -0.4 is 5.32 Å². The molecule has 146 valence electrons. The molecule has 5 heteroatoms. The van der Waals surface area contributed by atoms with E-state index in [0.717, 1.165) is 36.2 Å². The van der Waals surface area contributed by atoms with Gasteiger partial charge in [-0.3, -0.25) is 0 Å². The van der Waals surface area contributed by atoms with Gasteiger partial charge in [-0.15, -0.1) is 0 Å². The summed E-state index contributed by atoms with van der Waals surface area (Å²) in [5, 5.41) is 8.46. The van der Waals surface area contributed by atoms with Crippen molar-refractivity contribution >= 4 is 0 Å². The highest BCUT2D eigenvalue weighted by atomic mass is 19.1. The second-order valence-electron chi connectivity index (χ2n) is 7.77. The minimum Gasteiger partial charge on any atom is -0.304 e. The number of fused-ring (bicyclic) bond motifs is 1. The van der Waals surface area contributed by atoms with Crippen LogP contribution in [0.2, 0.25) is 0 Å². The van der Waals surface area contributed by atoms with Crippen molar-refractivity contribution in [2.45, 2.75) is 45.7 Å². The SMILES string of the molecule is CC(C)[C@@H](NCc1nn(-c2ccc(F)cc2)c2c1CCC2)c1ccc(F)cc1. The highest BCUT2D eigenvalue weighted by molar-refractivity contribution is 5.40. The van der Waals surface area contributed by atoms with Gasteiger partial charge in [-0.2, -0.15) is 5.10 Å². The molecular formula is C23H25F2N3. The van der Waals surface area contributed by atoms with Gasteiger partial charge in [0.05, 0.1) is 11.4 Å². The third kappa shape index (κ3) is 3.72. The van der Waals surface area contributed by atoms with Crippen LogP contribution in [0.5, 0.6) is 0 Å². The topological polar surface area (TPSA) is 29.9 Å². The lowest BCUT2D eigenvalue weighted by molar-refractivity contribution is 0.407.